The Morgan fingerprint density at radius 2 is 1.25 bits per heavy atom. The van der Waals surface area contributed by atoms with Gasteiger partial charge in [0, 0.05) is 0 Å². The molecule has 0 radical (unpaired) electrons. The molecule has 0 aliphatic heterocycles. The minimum atomic E-state index is 0. The van der Waals surface area contributed by atoms with Gasteiger partial charge in [0.25, 0.3) is 0 Å². The fraction of sp³-hybridized carbons (Fsp3) is 0. The van der Waals surface area contributed by atoms with Crippen molar-refractivity contribution >= 4 is 50.2 Å². The van der Waals surface area contributed by atoms with Gasteiger partial charge < -0.3 is 0 Å². The summed E-state index contributed by atoms with van der Waals surface area (Å²) in [5, 5.41) is 0. The average Bonchev–Trinajstić information content (AvgIpc) is 1.00. The zero-order chi connectivity index (χ0) is 2.00. The SMILES string of the molecule is [AlH3].[GaH3].[SeH][Au]. The summed E-state index contributed by atoms with van der Waals surface area (Å²) in [7, 11) is 0. The summed E-state index contributed by atoms with van der Waals surface area (Å²) < 4.78 is 0. The van der Waals surface area contributed by atoms with Crippen LogP contribution in [0.3, 0.4) is 0 Å². The molecule has 0 rings (SSSR count). The van der Waals surface area contributed by atoms with E-state index in [2.05, 4.69) is 32.0 Å². The summed E-state index contributed by atoms with van der Waals surface area (Å²) >= 11 is 4.47. The van der Waals surface area contributed by atoms with E-state index in [1.807, 2.05) is 0 Å². The molecule has 0 amide bonds. The van der Waals surface area contributed by atoms with Gasteiger partial charge in [-0.25, -0.2) is 0 Å². The van der Waals surface area contributed by atoms with Crippen LogP contribution in [-0.2, 0) is 18.9 Å². The van der Waals surface area contributed by atoms with Crippen LogP contribution in [0.1, 0.15) is 0 Å². The summed E-state index contributed by atoms with van der Waals surface area (Å²) in [6.07, 6.45) is 0. The average molecular weight is 380 g/mol. The summed E-state index contributed by atoms with van der Waals surface area (Å²) in [4.78, 5) is 0. The van der Waals surface area contributed by atoms with Gasteiger partial charge in [-0.15, -0.1) is 0 Å². The van der Waals surface area contributed by atoms with Gasteiger partial charge in [0.15, 0.2) is 17.4 Å². The van der Waals surface area contributed by atoms with Crippen LogP contribution in [0.25, 0.3) is 0 Å². The number of rotatable bonds is 0. The standard InChI is InChI=1S/Al.Au.Ga.H2Se.6H/h;;;1H2;;;;;;/q;+1;;;;;;;;/p-1. The van der Waals surface area contributed by atoms with Crippen LogP contribution in [0.15, 0.2) is 0 Å². The molecule has 0 unspecified atom stereocenters. The Morgan fingerprint density at radius 3 is 1.25 bits per heavy atom. The molecule has 4 heavy (non-hydrogen) atoms. The Balaban J connectivity index is -0.00000000500. The van der Waals surface area contributed by atoms with Crippen LogP contribution in [0, 0.1) is 0 Å². The van der Waals surface area contributed by atoms with Crippen molar-refractivity contribution < 1.29 is 18.9 Å². The van der Waals surface area contributed by atoms with E-state index in [0.29, 0.717) is 0 Å². The van der Waals surface area contributed by atoms with E-state index in [-0.39, 0.29) is 37.2 Å². The molecule has 0 nitrogen and oxygen atoms in total. The van der Waals surface area contributed by atoms with Crippen molar-refractivity contribution in [1.82, 2.24) is 0 Å². The molecule has 0 bridgehead atoms. The third kappa shape index (κ3) is 8.83. The first-order valence-electron chi connectivity index (χ1n) is 0.135. The van der Waals surface area contributed by atoms with E-state index in [0.717, 1.165) is 0 Å². The van der Waals surface area contributed by atoms with Gasteiger partial charge in [-0.2, -0.15) is 0 Å². The summed E-state index contributed by atoms with van der Waals surface area (Å²) in [6.45, 7) is 0. The Bertz CT molecular complexity index is 8.00. The molecule has 0 saturated heterocycles. The van der Waals surface area contributed by atoms with Crippen LogP contribution in [0.2, 0.25) is 0 Å². The summed E-state index contributed by atoms with van der Waals surface area (Å²) in [5.41, 5.74) is 0. The number of hydrogen-bond acceptors (Lipinski definition) is 0. The maximum absolute atomic E-state index is 2.26. The molecule has 0 aromatic carbocycles. The second-order valence-electron chi connectivity index (χ2n) is 0. The molecule has 4 heteroatoms. The van der Waals surface area contributed by atoms with Crippen molar-refractivity contribution in [2.75, 3.05) is 0 Å². The third-order valence-electron chi connectivity index (χ3n) is 0. The first-order chi connectivity index (χ1) is 1.00. The zero-order valence-electron chi connectivity index (χ0n) is 0.749. The van der Waals surface area contributed by atoms with Crippen LogP contribution in [0.5, 0.6) is 0 Å². The molecule has 0 saturated carbocycles. The van der Waals surface area contributed by atoms with Crippen molar-refractivity contribution in [3.8, 4) is 0 Å². The van der Waals surface area contributed by atoms with Crippen LogP contribution in [-0.4, -0.2) is 50.2 Å². The fourth-order valence-electron chi connectivity index (χ4n) is 0. The molecule has 0 aromatic heterocycles. The van der Waals surface area contributed by atoms with E-state index in [4.69, 9.17) is 0 Å². The van der Waals surface area contributed by atoms with Crippen molar-refractivity contribution in [3.05, 3.63) is 0 Å². The molecular weight excluding hydrogens is 373 g/mol. The molecule has 0 aliphatic rings. The molecule has 30 valence electrons. The van der Waals surface area contributed by atoms with Gasteiger partial charge in [-0.05, 0) is 0 Å². The van der Waals surface area contributed by atoms with E-state index in [9.17, 15) is 0 Å². The topological polar surface area (TPSA) is 0 Å². The monoisotopic (exact) mass is 380 g/mol. The van der Waals surface area contributed by atoms with Gasteiger partial charge in [0.05, 0.1) is 0 Å². The van der Waals surface area contributed by atoms with Crippen molar-refractivity contribution in [2.45, 2.75) is 0 Å². The molecule has 0 atom stereocenters. The molecule has 0 fully saturated rings. The molecule has 0 heterocycles. The first kappa shape index (κ1) is 16.1. The van der Waals surface area contributed by atoms with Crippen molar-refractivity contribution in [2.24, 2.45) is 0 Å². The van der Waals surface area contributed by atoms with Gasteiger partial charge in [-0.1, -0.05) is 0 Å². The summed E-state index contributed by atoms with van der Waals surface area (Å²) in [5.74, 6) is 0. The molecule has 0 aromatic rings. The zero-order valence-corrected chi connectivity index (χ0v) is 4.79. The molecular formula is H7AlAuGaSe. The quantitative estimate of drug-likeness (QED) is 0.393. The molecule has 0 N–H and O–H groups in total. The van der Waals surface area contributed by atoms with E-state index >= 15 is 0 Å². The van der Waals surface area contributed by atoms with Crippen molar-refractivity contribution in [3.63, 3.8) is 0 Å². The van der Waals surface area contributed by atoms with Gasteiger partial charge >= 0.3 is 51.8 Å². The second kappa shape index (κ2) is 18.1. The van der Waals surface area contributed by atoms with E-state index < -0.39 is 0 Å². The van der Waals surface area contributed by atoms with E-state index in [1.54, 1.807) is 0 Å². The Morgan fingerprint density at radius 1 is 1.25 bits per heavy atom. The molecule has 0 spiro atoms. The minimum absolute atomic E-state index is 0. The Hall–Kier alpha value is 2.43. The van der Waals surface area contributed by atoms with Gasteiger partial charge in [-0.3, -0.25) is 0 Å². The predicted molar refractivity (Wildman–Crippen MR) is 27.0 cm³/mol. The second-order valence-corrected chi connectivity index (χ2v) is 0. The maximum atomic E-state index is 2.26. The van der Waals surface area contributed by atoms with Crippen LogP contribution >= 0.6 is 0 Å². The van der Waals surface area contributed by atoms with Crippen LogP contribution in [0.4, 0.5) is 0 Å². The first-order valence-corrected chi connectivity index (χ1v) is 5.74. The predicted octanol–water partition coefficient (Wildman–Crippen LogP) is -3.02. The fourth-order valence-corrected chi connectivity index (χ4v) is 0. The summed E-state index contributed by atoms with van der Waals surface area (Å²) in [6, 6.07) is 0. The van der Waals surface area contributed by atoms with Gasteiger partial charge in [0.1, 0.15) is 0 Å². The third-order valence-corrected chi connectivity index (χ3v) is 0. The normalized spacial score (nSPS) is 1.75. The Kier molecular flexibility index (Phi) is 72.7. The van der Waals surface area contributed by atoms with E-state index in [1.165, 1.54) is 0 Å². The van der Waals surface area contributed by atoms with Gasteiger partial charge in [0.2, 0.25) is 0 Å². The van der Waals surface area contributed by atoms with Crippen LogP contribution < -0.4 is 0 Å². The van der Waals surface area contributed by atoms with Crippen molar-refractivity contribution in [1.29, 1.82) is 0 Å². The number of hydrogen-bond donors (Lipinski definition) is 0. The Labute approximate surface area is 68.2 Å². The molecule has 0 aliphatic carbocycles.